The molecule has 1 aliphatic heterocycles. The molecule has 1 heterocycles. The van der Waals surface area contributed by atoms with Gasteiger partial charge in [-0.25, -0.2) is 0 Å². The first-order valence-corrected chi connectivity index (χ1v) is 8.78. The summed E-state index contributed by atoms with van der Waals surface area (Å²) in [6, 6.07) is 14.0. The molecular formula is C21H25NO4. The molecule has 1 fully saturated rings. The van der Waals surface area contributed by atoms with Crippen LogP contribution in [-0.2, 0) is 17.8 Å². The van der Waals surface area contributed by atoms with Crippen LogP contribution < -0.4 is 14.2 Å². The van der Waals surface area contributed by atoms with Gasteiger partial charge in [0.05, 0.1) is 21.3 Å². The number of nitrogens with zero attached hydrogens (tertiary/aromatic N) is 1. The quantitative estimate of drug-likeness (QED) is 0.763. The van der Waals surface area contributed by atoms with Crippen molar-refractivity contribution in [3.63, 3.8) is 0 Å². The first-order valence-electron chi connectivity index (χ1n) is 8.78. The number of methoxy groups -OCH3 is 3. The molecular weight excluding hydrogens is 330 g/mol. The van der Waals surface area contributed by atoms with Crippen molar-refractivity contribution in [1.82, 2.24) is 4.90 Å². The first-order chi connectivity index (χ1) is 12.6. The molecule has 0 aliphatic carbocycles. The molecule has 1 aliphatic rings. The molecule has 3 rings (SSSR count). The smallest absolute Gasteiger partial charge is 0.223 e. The van der Waals surface area contributed by atoms with Crippen LogP contribution in [0.2, 0.25) is 0 Å². The summed E-state index contributed by atoms with van der Waals surface area (Å²) in [7, 11) is 4.92. The van der Waals surface area contributed by atoms with E-state index < -0.39 is 0 Å². The van der Waals surface area contributed by atoms with Gasteiger partial charge in [0, 0.05) is 19.0 Å². The predicted octanol–water partition coefficient (Wildman–Crippen LogP) is 3.45. The SMILES string of the molecule is COc1cccc(CN2C(=O)CC[C@H]2Cc2ccc(OC)c(OC)c2)c1. The van der Waals surface area contributed by atoms with Gasteiger partial charge in [0.15, 0.2) is 11.5 Å². The fourth-order valence-electron chi connectivity index (χ4n) is 3.47. The van der Waals surface area contributed by atoms with Crippen molar-refractivity contribution in [3.05, 3.63) is 53.6 Å². The maximum atomic E-state index is 12.4. The van der Waals surface area contributed by atoms with E-state index in [4.69, 9.17) is 14.2 Å². The minimum atomic E-state index is 0.187. The second kappa shape index (κ2) is 8.13. The van der Waals surface area contributed by atoms with E-state index in [2.05, 4.69) is 0 Å². The van der Waals surface area contributed by atoms with Gasteiger partial charge in [-0.05, 0) is 48.2 Å². The molecule has 1 saturated heterocycles. The Morgan fingerprint density at radius 3 is 2.50 bits per heavy atom. The molecule has 5 heteroatoms. The lowest BCUT2D eigenvalue weighted by molar-refractivity contribution is -0.129. The van der Waals surface area contributed by atoms with Gasteiger partial charge in [-0.2, -0.15) is 0 Å². The summed E-state index contributed by atoms with van der Waals surface area (Å²) < 4.78 is 16.0. The van der Waals surface area contributed by atoms with Gasteiger partial charge in [-0.1, -0.05) is 18.2 Å². The predicted molar refractivity (Wildman–Crippen MR) is 99.8 cm³/mol. The molecule has 0 unspecified atom stereocenters. The maximum Gasteiger partial charge on any atom is 0.223 e. The fraction of sp³-hybridized carbons (Fsp3) is 0.381. The summed E-state index contributed by atoms with van der Waals surface area (Å²) in [6.07, 6.45) is 2.27. The first kappa shape index (κ1) is 18.1. The van der Waals surface area contributed by atoms with Crippen LogP contribution in [0.3, 0.4) is 0 Å². The topological polar surface area (TPSA) is 48.0 Å². The Bertz CT molecular complexity index is 774. The van der Waals surface area contributed by atoms with Crippen LogP contribution in [0.15, 0.2) is 42.5 Å². The van der Waals surface area contributed by atoms with Crippen LogP contribution in [0, 0.1) is 0 Å². The van der Waals surface area contributed by atoms with E-state index in [0.29, 0.717) is 24.5 Å². The van der Waals surface area contributed by atoms with Crippen molar-refractivity contribution in [1.29, 1.82) is 0 Å². The highest BCUT2D eigenvalue weighted by Crippen LogP contribution is 2.31. The molecule has 1 amide bonds. The number of benzene rings is 2. The van der Waals surface area contributed by atoms with Crippen LogP contribution in [0.1, 0.15) is 24.0 Å². The zero-order valence-corrected chi connectivity index (χ0v) is 15.5. The Kier molecular flexibility index (Phi) is 5.66. The Hall–Kier alpha value is -2.69. The van der Waals surface area contributed by atoms with E-state index in [9.17, 15) is 4.79 Å². The van der Waals surface area contributed by atoms with Crippen molar-refractivity contribution in [3.8, 4) is 17.2 Å². The summed E-state index contributed by atoms with van der Waals surface area (Å²) in [4.78, 5) is 14.4. The summed E-state index contributed by atoms with van der Waals surface area (Å²) in [6.45, 7) is 0.605. The molecule has 2 aromatic carbocycles. The third-order valence-electron chi connectivity index (χ3n) is 4.86. The van der Waals surface area contributed by atoms with E-state index in [1.165, 1.54) is 0 Å². The lowest BCUT2D eigenvalue weighted by Crippen LogP contribution is -2.33. The van der Waals surface area contributed by atoms with Crippen molar-refractivity contribution >= 4 is 5.91 Å². The zero-order chi connectivity index (χ0) is 18.5. The highest BCUT2D eigenvalue weighted by atomic mass is 16.5. The van der Waals surface area contributed by atoms with Crippen molar-refractivity contribution in [2.45, 2.75) is 31.8 Å². The van der Waals surface area contributed by atoms with Gasteiger partial charge < -0.3 is 19.1 Å². The van der Waals surface area contributed by atoms with E-state index in [1.54, 1.807) is 21.3 Å². The monoisotopic (exact) mass is 355 g/mol. The van der Waals surface area contributed by atoms with Gasteiger partial charge in [-0.3, -0.25) is 4.79 Å². The van der Waals surface area contributed by atoms with Crippen LogP contribution in [0.25, 0.3) is 0 Å². The Balaban J connectivity index is 1.75. The highest BCUT2D eigenvalue weighted by Gasteiger charge is 2.31. The standard InChI is InChI=1S/C21H25NO4/c1-24-18-6-4-5-16(12-18)14-22-17(8-10-21(22)23)11-15-7-9-19(25-2)20(13-15)26-3/h4-7,9,12-13,17H,8,10-11,14H2,1-3H3/t17-/m0/s1. The maximum absolute atomic E-state index is 12.4. The molecule has 0 spiro atoms. The molecule has 0 saturated carbocycles. The Labute approximate surface area is 154 Å². The molecule has 0 radical (unpaired) electrons. The Morgan fingerprint density at radius 2 is 1.77 bits per heavy atom. The molecule has 5 nitrogen and oxygen atoms in total. The largest absolute Gasteiger partial charge is 0.497 e. The number of ether oxygens (including phenoxy) is 3. The Morgan fingerprint density at radius 1 is 0.962 bits per heavy atom. The van der Waals surface area contributed by atoms with Gasteiger partial charge in [0.1, 0.15) is 5.75 Å². The highest BCUT2D eigenvalue weighted by molar-refractivity contribution is 5.78. The second-order valence-corrected chi connectivity index (χ2v) is 6.46. The van der Waals surface area contributed by atoms with Crippen LogP contribution in [0.5, 0.6) is 17.2 Å². The molecule has 26 heavy (non-hydrogen) atoms. The molecule has 1 atom stereocenters. The number of hydrogen-bond donors (Lipinski definition) is 0. The summed E-state index contributed by atoms with van der Waals surface area (Å²) in [5, 5.41) is 0. The summed E-state index contributed by atoms with van der Waals surface area (Å²) >= 11 is 0. The van der Waals surface area contributed by atoms with E-state index in [1.807, 2.05) is 47.4 Å². The number of carbonyl (C=O) groups is 1. The summed E-state index contributed by atoms with van der Waals surface area (Å²) in [5.41, 5.74) is 2.22. The van der Waals surface area contributed by atoms with Crippen molar-refractivity contribution < 1.29 is 19.0 Å². The minimum Gasteiger partial charge on any atom is -0.497 e. The van der Waals surface area contributed by atoms with Crippen molar-refractivity contribution in [2.75, 3.05) is 21.3 Å². The average Bonchev–Trinajstić information content (AvgIpc) is 3.01. The van der Waals surface area contributed by atoms with Gasteiger partial charge in [0.25, 0.3) is 0 Å². The zero-order valence-electron chi connectivity index (χ0n) is 15.5. The molecule has 0 N–H and O–H groups in total. The molecule has 2 aromatic rings. The number of carbonyl (C=O) groups excluding carboxylic acids is 1. The third kappa shape index (κ3) is 3.93. The molecule has 0 aromatic heterocycles. The molecule has 138 valence electrons. The number of hydrogen-bond acceptors (Lipinski definition) is 4. The number of rotatable bonds is 7. The average molecular weight is 355 g/mol. The van der Waals surface area contributed by atoms with E-state index in [-0.39, 0.29) is 11.9 Å². The van der Waals surface area contributed by atoms with Crippen LogP contribution >= 0.6 is 0 Å². The summed E-state index contributed by atoms with van der Waals surface area (Å²) in [5.74, 6) is 2.45. The fourth-order valence-corrected chi connectivity index (χ4v) is 3.47. The van der Waals surface area contributed by atoms with E-state index >= 15 is 0 Å². The second-order valence-electron chi connectivity index (χ2n) is 6.46. The third-order valence-corrected chi connectivity index (χ3v) is 4.86. The lowest BCUT2D eigenvalue weighted by atomic mass is 10.0. The van der Waals surface area contributed by atoms with E-state index in [0.717, 1.165) is 29.7 Å². The number of amides is 1. The number of likely N-dealkylation sites (tertiary alicyclic amines) is 1. The van der Waals surface area contributed by atoms with Gasteiger partial charge >= 0.3 is 0 Å². The van der Waals surface area contributed by atoms with Gasteiger partial charge in [-0.15, -0.1) is 0 Å². The van der Waals surface area contributed by atoms with Crippen molar-refractivity contribution in [2.24, 2.45) is 0 Å². The minimum absolute atomic E-state index is 0.187. The lowest BCUT2D eigenvalue weighted by Gasteiger charge is -2.25. The normalized spacial score (nSPS) is 16.7. The molecule has 0 bridgehead atoms. The van der Waals surface area contributed by atoms with Crippen LogP contribution in [-0.4, -0.2) is 38.2 Å². The van der Waals surface area contributed by atoms with Gasteiger partial charge in [0.2, 0.25) is 5.91 Å². The van der Waals surface area contributed by atoms with Crippen LogP contribution in [0.4, 0.5) is 0 Å².